The van der Waals surface area contributed by atoms with Crippen LogP contribution in [0.4, 0.5) is 0 Å². The normalized spacial score (nSPS) is 36.4. The zero-order valence-electron chi connectivity index (χ0n) is 7.03. The lowest BCUT2D eigenvalue weighted by molar-refractivity contribution is -0.134. The fourth-order valence-corrected chi connectivity index (χ4v) is 3.12. The molecular formula is C8H14N2OS. The number of fused-ring (bicyclic) bond motifs is 1. The quantitative estimate of drug-likeness (QED) is 0.595. The number of carbonyl (C=O) groups excluding carboxylic acids is 1. The lowest BCUT2D eigenvalue weighted by Crippen LogP contribution is -2.54. The predicted molar refractivity (Wildman–Crippen MR) is 49.8 cm³/mol. The number of rotatable bonds is 0. The second-order valence-electron chi connectivity index (χ2n) is 3.42. The number of thioether (sulfide) groups is 1. The van der Waals surface area contributed by atoms with Crippen LogP contribution in [0, 0.1) is 0 Å². The van der Waals surface area contributed by atoms with Crippen molar-refractivity contribution in [1.82, 2.24) is 4.90 Å². The Labute approximate surface area is 76.7 Å². The van der Waals surface area contributed by atoms with Crippen molar-refractivity contribution in [2.75, 3.05) is 12.3 Å². The summed E-state index contributed by atoms with van der Waals surface area (Å²) in [6.45, 7) is 0.921. The Balaban J connectivity index is 2.08. The summed E-state index contributed by atoms with van der Waals surface area (Å²) in [6, 6.07) is -0.246. The van der Waals surface area contributed by atoms with Gasteiger partial charge in [-0.1, -0.05) is 0 Å². The molecule has 1 amide bonds. The van der Waals surface area contributed by atoms with E-state index in [0.29, 0.717) is 5.37 Å². The summed E-state index contributed by atoms with van der Waals surface area (Å²) < 4.78 is 0. The van der Waals surface area contributed by atoms with Crippen LogP contribution in [0.1, 0.15) is 19.3 Å². The van der Waals surface area contributed by atoms with Crippen molar-refractivity contribution in [2.24, 2.45) is 5.73 Å². The van der Waals surface area contributed by atoms with Crippen LogP contribution >= 0.6 is 11.8 Å². The van der Waals surface area contributed by atoms with Crippen LogP contribution in [0.2, 0.25) is 0 Å². The van der Waals surface area contributed by atoms with Gasteiger partial charge in [-0.3, -0.25) is 4.79 Å². The number of hydrogen-bond acceptors (Lipinski definition) is 3. The highest BCUT2D eigenvalue weighted by Crippen LogP contribution is 2.30. The molecule has 2 aliphatic heterocycles. The monoisotopic (exact) mass is 186 g/mol. The fraction of sp³-hybridized carbons (Fsp3) is 0.875. The highest BCUT2D eigenvalue weighted by atomic mass is 32.2. The van der Waals surface area contributed by atoms with Crippen LogP contribution in [0.25, 0.3) is 0 Å². The van der Waals surface area contributed by atoms with Crippen LogP contribution in [-0.4, -0.2) is 34.5 Å². The molecule has 0 unspecified atom stereocenters. The largest absolute Gasteiger partial charge is 0.329 e. The standard InChI is InChI=1S/C8H14N2OS/c9-6-5-12-7-3-1-2-4-10(7)8(6)11/h6-7H,1-5,9H2/t6-,7-/m0/s1. The van der Waals surface area contributed by atoms with Crippen molar-refractivity contribution < 1.29 is 4.79 Å². The van der Waals surface area contributed by atoms with E-state index in [9.17, 15) is 4.79 Å². The molecule has 2 rings (SSSR count). The molecule has 0 aromatic carbocycles. The lowest BCUT2D eigenvalue weighted by Gasteiger charge is -2.40. The average molecular weight is 186 g/mol. The van der Waals surface area contributed by atoms with Crippen molar-refractivity contribution in [3.05, 3.63) is 0 Å². The van der Waals surface area contributed by atoms with Gasteiger partial charge >= 0.3 is 0 Å². The maximum atomic E-state index is 11.5. The molecular weight excluding hydrogens is 172 g/mol. The highest BCUT2D eigenvalue weighted by molar-refractivity contribution is 8.00. The third kappa shape index (κ3) is 1.33. The van der Waals surface area contributed by atoms with E-state index in [2.05, 4.69) is 0 Å². The molecule has 0 aromatic heterocycles. The summed E-state index contributed by atoms with van der Waals surface area (Å²) in [5, 5.41) is 0.436. The number of nitrogens with two attached hydrogens (primary N) is 1. The topological polar surface area (TPSA) is 46.3 Å². The third-order valence-electron chi connectivity index (χ3n) is 2.52. The molecule has 3 nitrogen and oxygen atoms in total. The Morgan fingerprint density at radius 2 is 2.33 bits per heavy atom. The smallest absolute Gasteiger partial charge is 0.241 e. The van der Waals surface area contributed by atoms with E-state index in [1.165, 1.54) is 6.42 Å². The van der Waals surface area contributed by atoms with E-state index in [1.807, 2.05) is 16.7 Å². The van der Waals surface area contributed by atoms with Gasteiger partial charge < -0.3 is 10.6 Å². The summed E-state index contributed by atoms with van der Waals surface area (Å²) in [4.78, 5) is 13.5. The molecule has 0 bridgehead atoms. The maximum absolute atomic E-state index is 11.5. The van der Waals surface area contributed by atoms with Crippen molar-refractivity contribution in [1.29, 1.82) is 0 Å². The van der Waals surface area contributed by atoms with E-state index in [4.69, 9.17) is 5.73 Å². The second kappa shape index (κ2) is 3.26. The maximum Gasteiger partial charge on any atom is 0.241 e. The van der Waals surface area contributed by atoms with Gasteiger partial charge in [0, 0.05) is 12.3 Å². The van der Waals surface area contributed by atoms with Crippen LogP contribution in [-0.2, 0) is 4.79 Å². The summed E-state index contributed by atoms with van der Waals surface area (Å²) >= 11 is 1.84. The number of nitrogens with zero attached hydrogens (tertiary/aromatic N) is 1. The fourth-order valence-electron chi connectivity index (χ4n) is 1.83. The minimum Gasteiger partial charge on any atom is -0.329 e. The molecule has 2 fully saturated rings. The van der Waals surface area contributed by atoms with Crippen LogP contribution in [0.5, 0.6) is 0 Å². The van der Waals surface area contributed by atoms with E-state index in [-0.39, 0.29) is 11.9 Å². The molecule has 4 heteroatoms. The van der Waals surface area contributed by atoms with Gasteiger partial charge in [-0.05, 0) is 19.3 Å². The minimum absolute atomic E-state index is 0.165. The highest BCUT2D eigenvalue weighted by Gasteiger charge is 2.34. The molecule has 2 saturated heterocycles. The first-order chi connectivity index (χ1) is 5.79. The van der Waals surface area contributed by atoms with Gasteiger partial charge in [0.25, 0.3) is 0 Å². The zero-order valence-corrected chi connectivity index (χ0v) is 7.85. The Bertz CT molecular complexity index is 197. The van der Waals surface area contributed by atoms with E-state index < -0.39 is 0 Å². The minimum atomic E-state index is -0.246. The second-order valence-corrected chi connectivity index (χ2v) is 4.63. The van der Waals surface area contributed by atoms with Crippen molar-refractivity contribution in [3.63, 3.8) is 0 Å². The third-order valence-corrected chi connectivity index (χ3v) is 3.94. The van der Waals surface area contributed by atoms with Crippen molar-refractivity contribution in [3.8, 4) is 0 Å². The van der Waals surface area contributed by atoms with Crippen molar-refractivity contribution in [2.45, 2.75) is 30.7 Å². The number of hydrogen-bond donors (Lipinski definition) is 1. The molecule has 0 aromatic rings. The Morgan fingerprint density at radius 1 is 1.50 bits per heavy atom. The van der Waals surface area contributed by atoms with Gasteiger partial charge in [0.2, 0.25) is 5.91 Å². The van der Waals surface area contributed by atoms with Gasteiger partial charge in [-0.15, -0.1) is 11.8 Å². The zero-order chi connectivity index (χ0) is 8.55. The summed E-state index contributed by atoms with van der Waals surface area (Å²) in [5.41, 5.74) is 5.67. The van der Waals surface area contributed by atoms with Gasteiger partial charge in [-0.2, -0.15) is 0 Å². The van der Waals surface area contributed by atoms with Crippen molar-refractivity contribution >= 4 is 17.7 Å². The van der Waals surface area contributed by atoms with Crippen LogP contribution in [0.3, 0.4) is 0 Å². The summed E-state index contributed by atoms with van der Waals surface area (Å²) in [5.74, 6) is 0.971. The molecule has 2 aliphatic rings. The van der Waals surface area contributed by atoms with Crippen LogP contribution in [0.15, 0.2) is 0 Å². The first kappa shape index (κ1) is 8.38. The Morgan fingerprint density at radius 3 is 3.17 bits per heavy atom. The lowest BCUT2D eigenvalue weighted by atomic mass is 10.1. The number of piperidine rings is 1. The summed E-state index contributed by atoms with van der Waals surface area (Å²) in [6.07, 6.45) is 3.56. The average Bonchev–Trinajstić information content (AvgIpc) is 2.12. The van der Waals surface area contributed by atoms with E-state index in [0.717, 1.165) is 25.1 Å². The van der Waals surface area contributed by atoms with Gasteiger partial charge in [0.1, 0.15) is 0 Å². The van der Waals surface area contributed by atoms with E-state index in [1.54, 1.807) is 0 Å². The molecule has 2 heterocycles. The van der Waals surface area contributed by atoms with E-state index >= 15 is 0 Å². The van der Waals surface area contributed by atoms with Gasteiger partial charge in [0.05, 0.1) is 11.4 Å². The van der Waals surface area contributed by atoms with Gasteiger partial charge in [0.15, 0.2) is 0 Å². The molecule has 0 spiro atoms. The molecule has 0 saturated carbocycles. The molecule has 0 aliphatic carbocycles. The first-order valence-corrected chi connectivity index (χ1v) is 5.51. The molecule has 68 valence electrons. The molecule has 2 atom stereocenters. The Kier molecular flexibility index (Phi) is 2.28. The van der Waals surface area contributed by atoms with Crippen LogP contribution < -0.4 is 5.73 Å². The SMILES string of the molecule is N[C@H]1CS[C@H]2CCCCN2C1=O. The van der Waals surface area contributed by atoms with Gasteiger partial charge in [-0.25, -0.2) is 0 Å². The Hall–Kier alpha value is -0.220. The molecule has 12 heavy (non-hydrogen) atoms. The summed E-state index contributed by atoms with van der Waals surface area (Å²) in [7, 11) is 0. The predicted octanol–water partition coefficient (Wildman–Crippen LogP) is 0.399. The number of carbonyl (C=O) groups is 1. The molecule has 0 radical (unpaired) electrons. The number of amides is 1. The first-order valence-electron chi connectivity index (χ1n) is 4.47. The molecule has 2 N–H and O–H groups in total.